The molecule has 6 aromatic heterocycles. The standard InChI is InChI=1S/C18H25ClN4O.C17H24N4O2.C16H23N5O.C16H22N4O.C14H16N4O.C12H13N3O/c1-13-21-16-12-17(15(19)11-14(16)18(24)22(13)2)20-7-6-10-23-8-4-3-5-9-23;1-13-19-16-12-14(4-5-15(16)17(22)20(13)2)18-6-3-7-21-8-10-23-11-9-21;1-12-19-15-11-13(3-4-14(15)16(22)20(12)2)18-7-10-21-8-5-17-6-9-21;1-12-18-15-11-13(5-6-14(15)16(21)19(12)2)17-7-10-20-8-3-4-9-20;1-9-16-12-8-10(13-15-6-7-17(13)2)4-5-11(12)14(19)18(9)3;1-7-14-11-6-10-8(3-4-13-10)5-9(11)12(16)15(7)2/h11-12,20H,3-10H2,1-2H3;4-5,12,18H,3,6-11H2,1-2H3;3-4,11,17-18H,5-10H2,1-2H3;5-6,11,17H,3-4,7-10H2,1-2H3;4-5,8H,6-7H2,1-3H3;5-6,13H,3-4H2,1-2H3. The molecule has 6 N–H and O–H groups in total. The number of piperazine rings is 1. The maximum absolute atomic E-state index is 12.3. The molecule has 6 aliphatic rings. The third-order valence-electron chi connectivity index (χ3n) is 24.6. The molecule has 32 heteroatoms. The number of likely N-dealkylation sites (tertiary alicyclic amines) is 2. The monoisotopic (exact) mass is 1720 g/mol. The van der Waals surface area contributed by atoms with Crippen molar-refractivity contribution in [1.29, 1.82) is 0 Å². The highest BCUT2D eigenvalue weighted by Gasteiger charge is 2.21. The molecule has 6 aliphatic heterocycles. The molecule has 0 unspecified atom stereocenters. The summed E-state index contributed by atoms with van der Waals surface area (Å²) in [5.41, 5.74) is 11.8. The van der Waals surface area contributed by atoms with Crippen molar-refractivity contribution in [3.63, 3.8) is 0 Å². The number of hydrogen-bond donors (Lipinski definition) is 6. The quantitative estimate of drug-likeness (QED) is 0.0411. The second-order valence-electron chi connectivity index (χ2n) is 33.2. The number of anilines is 5. The fourth-order valence-corrected chi connectivity index (χ4v) is 16.5. The van der Waals surface area contributed by atoms with Crippen LogP contribution in [0.1, 0.15) is 91.0 Å². The molecule has 4 fully saturated rings. The zero-order chi connectivity index (χ0) is 88.5. The Morgan fingerprint density at radius 2 is 0.752 bits per heavy atom. The van der Waals surface area contributed by atoms with Gasteiger partial charge in [-0.15, -0.1) is 0 Å². The Bertz CT molecular complexity index is 6270. The second-order valence-corrected chi connectivity index (χ2v) is 33.6. The molecule has 0 bridgehead atoms. The molecule has 0 atom stereocenters. The van der Waals surface area contributed by atoms with E-state index in [-0.39, 0.29) is 33.4 Å². The molecule has 125 heavy (non-hydrogen) atoms. The van der Waals surface area contributed by atoms with Crippen LogP contribution in [0.15, 0.2) is 131 Å². The van der Waals surface area contributed by atoms with Gasteiger partial charge >= 0.3 is 0 Å². The molecule has 0 spiro atoms. The van der Waals surface area contributed by atoms with E-state index in [0.717, 1.165) is 246 Å². The van der Waals surface area contributed by atoms with Crippen LogP contribution < -0.4 is 65.3 Å². The molecule has 0 aliphatic carbocycles. The van der Waals surface area contributed by atoms with Gasteiger partial charge in [0.15, 0.2) is 0 Å². The Hall–Kier alpha value is -11.3. The van der Waals surface area contributed by atoms with E-state index in [1.54, 1.807) is 75.8 Å². The molecule has 18 rings (SSSR count). The van der Waals surface area contributed by atoms with Crippen LogP contribution in [-0.4, -0.2) is 245 Å². The van der Waals surface area contributed by atoms with Gasteiger partial charge < -0.3 is 51.3 Å². The number of aromatic nitrogens is 12. The Morgan fingerprint density at radius 3 is 1.21 bits per heavy atom. The summed E-state index contributed by atoms with van der Waals surface area (Å²) in [5.74, 6) is 5.34. The van der Waals surface area contributed by atoms with Gasteiger partial charge in [-0.25, -0.2) is 29.9 Å². The first-order chi connectivity index (χ1) is 60.2. The lowest BCUT2D eigenvalue weighted by Crippen LogP contribution is -2.45. The number of nitrogens with zero attached hydrogens (tertiary/aromatic N) is 18. The van der Waals surface area contributed by atoms with Crippen molar-refractivity contribution in [3.8, 4) is 0 Å². The average molecular weight is 1720 g/mol. The smallest absolute Gasteiger partial charge is 0.261 e. The van der Waals surface area contributed by atoms with Crippen LogP contribution in [0.4, 0.5) is 28.4 Å². The first-order valence-electron chi connectivity index (χ1n) is 44.0. The molecule has 4 saturated heterocycles. The van der Waals surface area contributed by atoms with Crippen LogP contribution in [0.25, 0.3) is 65.4 Å². The lowest BCUT2D eigenvalue weighted by atomic mass is 10.1. The van der Waals surface area contributed by atoms with Crippen LogP contribution in [0, 0.1) is 41.5 Å². The van der Waals surface area contributed by atoms with Gasteiger partial charge in [0.25, 0.3) is 33.4 Å². The van der Waals surface area contributed by atoms with Crippen LogP contribution >= 0.6 is 11.6 Å². The van der Waals surface area contributed by atoms with E-state index >= 15 is 0 Å². The van der Waals surface area contributed by atoms with Crippen molar-refractivity contribution in [3.05, 3.63) is 210 Å². The number of halogens is 1. The van der Waals surface area contributed by atoms with Gasteiger partial charge in [-0.2, -0.15) is 0 Å². The van der Waals surface area contributed by atoms with Crippen LogP contribution in [0.2, 0.25) is 5.02 Å². The number of aliphatic imine (C=N–C) groups is 1. The minimum Gasteiger partial charge on any atom is -0.385 e. The first kappa shape index (κ1) is 91.4. The Kier molecular flexibility index (Phi) is 31.1. The van der Waals surface area contributed by atoms with Crippen molar-refractivity contribution in [1.82, 2.24) is 87.1 Å². The molecule has 0 radical (unpaired) electrons. The second kappa shape index (κ2) is 42.6. The van der Waals surface area contributed by atoms with E-state index in [9.17, 15) is 28.8 Å². The van der Waals surface area contributed by atoms with E-state index in [1.807, 2.05) is 140 Å². The summed E-state index contributed by atoms with van der Waals surface area (Å²) in [7, 11) is 12.5. The number of rotatable bonds is 19. The minimum absolute atomic E-state index is 0.00392. The van der Waals surface area contributed by atoms with Crippen LogP contribution in [-0.2, 0) is 53.4 Å². The van der Waals surface area contributed by atoms with Gasteiger partial charge in [0.2, 0.25) is 0 Å². The predicted molar refractivity (Wildman–Crippen MR) is 507 cm³/mol. The Labute approximate surface area is 733 Å². The third-order valence-corrected chi connectivity index (χ3v) is 24.9. The maximum Gasteiger partial charge on any atom is 0.261 e. The number of likely N-dealkylation sites (N-methyl/N-ethyl adjacent to an activating group) is 1. The summed E-state index contributed by atoms with van der Waals surface area (Å²) < 4.78 is 14.8. The lowest BCUT2D eigenvalue weighted by molar-refractivity contribution is 0.0378. The molecule has 664 valence electrons. The number of fused-ring (bicyclic) bond motifs is 7. The van der Waals surface area contributed by atoms with Gasteiger partial charge in [-0.3, -0.25) is 71.0 Å². The summed E-state index contributed by atoms with van der Waals surface area (Å²) in [4.78, 5) is 116. The van der Waals surface area contributed by atoms with E-state index < -0.39 is 0 Å². The zero-order valence-corrected chi connectivity index (χ0v) is 75.7. The number of piperidine rings is 1. The van der Waals surface area contributed by atoms with Crippen molar-refractivity contribution < 1.29 is 4.74 Å². The van der Waals surface area contributed by atoms with Gasteiger partial charge in [0.1, 0.15) is 40.8 Å². The molecule has 0 saturated carbocycles. The van der Waals surface area contributed by atoms with Crippen molar-refractivity contribution >= 4 is 111 Å². The third kappa shape index (κ3) is 22.9. The summed E-state index contributed by atoms with van der Waals surface area (Å²) >= 11 is 6.35. The first-order valence-corrected chi connectivity index (χ1v) is 44.3. The summed E-state index contributed by atoms with van der Waals surface area (Å²) in [5, 5.41) is 24.8. The lowest BCUT2D eigenvalue weighted by Gasteiger charge is -2.27. The van der Waals surface area contributed by atoms with Crippen molar-refractivity contribution in [2.24, 2.45) is 47.3 Å². The van der Waals surface area contributed by atoms with E-state index in [0.29, 0.717) is 43.3 Å². The maximum atomic E-state index is 12.3. The molecular formula is C93H123ClN24O7. The Balaban J connectivity index is 0.000000129. The van der Waals surface area contributed by atoms with Crippen LogP contribution in [0.5, 0.6) is 0 Å². The Morgan fingerprint density at radius 1 is 0.376 bits per heavy atom. The fourth-order valence-electron chi connectivity index (χ4n) is 16.3. The molecule has 12 aromatic rings. The molecule has 0 amide bonds. The predicted octanol–water partition coefficient (Wildman–Crippen LogP) is 9.01. The molecular weight excluding hydrogens is 1600 g/mol. The van der Waals surface area contributed by atoms with E-state index in [4.69, 9.17) is 16.3 Å². The van der Waals surface area contributed by atoms with Gasteiger partial charge in [-0.1, -0.05) is 24.1 Å². The number of benzene rings is 6. The topological polar surface area (TPSA) is 319 Å². The highest BCUT2D eigenvalue weighted by Crippen LogP contribution is 2.29. The number of ether oxygens (including phenoxy) is 1. The van der Waals surface area contributed by atoms with E-state index in [1.165, 1.54) is 63.8 Å². The summed E-state index contributed by atoms with van der Waals surface area (Å²) in [6, 6.07) is 30.6. The summed E-state index contributed by atoms with van der Waals surface area (Å²) in [6.07, 6.45) is 9.81. The van der Waals surface area contributed by atoms with Gasteiger partial charge in [-0.05, 0) is 222 Å². The van der Waals surface area contributed by atoms with Crippen molar-refractivity contribution in [2.75, 3.05) is 184 Å². The number of hydrogen-bond acceptors (Lipinski definition) is 25. The zero-order valence-electron chi connectivity index (χ0n) is 74.9. The SMILES string of the molecule is Cc1nc2cc(C3=NCCN3C)ccc2c(=O)n1C.Cc1nc2cc(NCCCN3CCCCC3)c(Cl)cc2c(=O)n1C.Cc1nc2cc(NCCCN3CCOCC3)ccc2c(=O)n1C.Cc1nc2cc(NCCN3CCCC3)ccc2c(=O)n1C.Cc1nc2cc(NCCN3CCNCC3)ccc2c(=O)n1C.Cc1nc2cc3c(cc2c(=O)n1C)CCN3. The highest BCUT2D eigenvalue weighted by molar-refractivity contribution is 6.34. The van der Waals surface area contributed by atoms with Gasteiger partial charge in [0.05, 0.1) is 95.9 Å². The molecule has 31 nitrogen and oxygen atoms in total. The van der Waals surface area contributed by atoms with Crippen molar-refractivity contribution in [2.45, 2.75) is 92.9 Å². The largest absolute Gasteiger partial charge is 0.385 e. The number of aryl methyl sites for hydroxylation is 6. The number of morpholine rings is 1. The molecule has 12 heterocycles. The highest BCUT2D eigenvalue weighted by atomic mass is 35.5. The van der Waals surface area contributed by atoms with Gasteiger partial charge in [0, 0.05) is 169 Å². The fraction of sp³-hybridized carbons (Fsp3) is 0.473. The van der Waals surface area contributed by atoms with E-state index in [2.05, 4.69) is 91.3 Å². The molecule has 6 aromatic carbocycles. The average Bonchev–Trinajstić information content (AvgIpc) is 1.74. The minimum atomic E-state index is -0.0592. The summed E-state index contributed by atoms with van der Waals surface area (Å²) in [6.45, 7) is 34.7. The normalized spacial score (nSPS) is 15.5. The number of nitrogens with one attached hydrogen (secondary N) is 6. The number of amidine groups is 1. The van der Waals surface area contributed by atoms with Crippen LogP contribution in [0.3, 0.4) is 0 Å².